The molecule has 0 bridgehead atoms. The first-order chi connectivity index (χ1) is 13.0. The lowest BCUT2D eigenvalue weighted by Gasteiger charge is -2.31. The molecule has 0 radical (unpaired) electrons. The molecule has 0 aliphatic carbocycles. The van der Waals surface area contributed by atoms with Gasteiger partial charge in [0, 0.05) is 13.2 Å². The molecule has 140 valence electrons. The molecule has 0 atom stereocenters. The number of likely N-dealkylation sites (N-methyl/N-ethyl adjacent to an activating group) is 2. The highest BCUT2D eigenvalue weighted by molar-refractivity contribution is 8.26. The van der Waals surface area contributed by atoms with Gasteiger partial charge in [-0.05, 0) is 18.2 Å². The number of rotatable bonds is 2. The minimum atomic E-state index is -0.184. The molecule has 1 N–H and O–H groups in total. The summed E-state index contributed by atoms with van der Waals surface area (Å²) in [5.41, 5.74) is 0.861. The molecule has 4 heterocycles. The molecule has 0 aromatic carbocycles. The maximum atomic E-state index is 13.2. The van der Waals surface area contributed by atoms with Crippen molar-refractivity contribution in [2.75, 3.05) is 45.2 Å². The van der Waals surface area contributed by atoms with Crippen LogP contribution in [0.2, 0.25) is 0 Å². The summed E-state index contributed by atoms with van der Waals surface area (Å²) in [5, 5.41) is 0. The van der Waals surface area contributed by atoms with Gasteiger partial charge in [-0.2, -0.15) is 0 Å². The van der Waals surface area contributed by atoms with Gasteiger partial charge in [0.05, 0.1) is 43.7 Å². The molecule has 0 spiro atoms. The maximum Gasteiger partial charge on any atom is 0.267 e. The number of aromatic nitrogens is 2. The zero-order chi connectivity index (χ0) is 19.1. The van der Waals surface area contributed by atoms with Crippen LogP contribution in [0.5, 0.6) is 0 Å². The molecular formula is C18H20N5O2S2+. The van der Waals surface area contributed by atoms with Gasteiger partial charge >= 0.3 is 0 Å². The van der Waals surface area contributed by atoms with E-state index in [0.717, 1.165) is 26.2 Å². The topological polar surface area (TPSA) is 62.4 Å². The van der Waals surface area contributed by atoms with Crippen molar-refractivity contribution in [1.82, 2.24) is 14.3 Å². The number of hydrogen-bond donors (Lipinski definition) is 1. The van der Waals surface area contributed by atoms with Gasteiger partial charge in [0.15, 0.2) is 0 Å². The van der Waals surface area contributed by atoms with Crippen molar-refractivity contribution in [2.45, 2.75) is 0 Å². The van der Waals surface area contributed by atoms with Gasteiger partial charge in [-0.15, -0.1) is 0 Å². The van der Waals surface area contributed by atoms with Crippen LogP contribution < -0.4 is 15.4 Å². The standard InChI is InChI=1S/C18H19N5O2S2/c1-20-7-9-22(10-8-20)15-12(11-13-17(25)21(2)18(26)27-13)16(24)23-6-4-3-5-14(23)19-15/h3-6,11H,7-10H2,1-2H3/p+1/b13-11+. The second-order valence-corrected chi connectivity index (χ2v) is 8.44. The molecule has 9 heteroatoms. The van der Waals surface area contributed by atoms with E-state index in [1.807, 2.05) is 12.1 Å². The third-order valence-electron chi connectivity index (χ3n) is 4.93. The minimum absolute atomic E-state index is 0.178. The predicted molar refractivity (Wildman–Crippen MR) is 111 cm³/mol. The molecule has 2 saturated heterocycles. The van der Waals surface area contributed by atoms with Crippen LogP contribution in [0.1, 0.15) is 5.56 Å². The highest BCUT2D eigenvalue weighted by atomic mass is 32.2. The van der Waals surface area contributed by atoms with E-state index in [9.17, 15) is 9.59 Å². The summed E-state index contributed by atoms with van der Waals surface area (Å²) in [6, 6.07) is 5.48. The van der Waals surface area contributed by atoms with Gasteiger partial charge in [0.25, 0.3) is 11.5 Å². The quantitative estimate of drug-likeness (QED) is 0.557. The molecule has 1 amide bonds. The second kappa shape index (κ2) is 7.06. The van der Waals surface area contributed by atoms with E-state index in [1.54, 1.807) is 25.4 Å². The second-order valence-electron chi connectivity index (χ2n) is 6.77. The lowest BCUT2D eigenvalue weighted by Crippen LogP contribution is -3.12. The fourth-order valence-electron chi connectivity index (χ4n) is 3.24. The Hall–Kier alpha value is -2.23. The van der Waals surface area contributed by atoms with Crippen LogP contribution in [-0.2, 0) is 4.79 Å². The highest BCUT2D eigenvalue weighted by Gasteiger charge is 2.30. The molecule has 0 unspecified atom stereocenters. The fourth-order valence-corrected chi connectivity index (χ4v) is 4.40. The zero-order valence-electron chi connectivity index (χ0n) is 15.1. The van der Waals surface area contributed by atoms with Crippen molar-refractivity contribution < 1.29 is 9.69 Å². The van der Waals surface area contributed by atoms with Crippen molar-refractivity contribution >= 4 is 51.7 Å². The Kier molecular flexibility index (Phi) is 4.75. The molecule has 2 aliphatic rings. The number of piperazine rings is 1. The Bertz CT molecular complexity index is 1020. The molecule has 2 aromatic heterocycles. The lowest BCUT2D eigenvalue weighted by atomic mass is 10.2. The Morgan fingerprint density at radius 1 is 1.26 bits per heavy atom. The van der Waals surface area contributed by atoms with E-state index in [-0.39, 0.29) is 11.5 Å². The Balaban J connectivity index is 1.88. The summed E-state index contributed by atoms with van der Waals surface area (Å²) in [4.78, 5) is 35.9. The van der Waals surface area contributed by atoms with Gasteiger partial charge < -0.3 is 9.80 Å². The molecule has 2 fully saturated rings. The van der Waals surface area contributed by atoms with Crippen molar-refractivity contribution in [3.8, 4) is 0 Å². The third-order valence-corrected chi connectivity index (χ3v) is 6.41. The summed E-state index contributed by atoms with van der Waals surface area (Å²) in [7, 11) is 3.81. The number of carbonyl (C=O) groups excluding carboxylic acids is 1. The number of quaternary nitrogens is 1. The largest absolute Gasteiger partial charge is 0.345 e. The SMILES string of the molecule is CN1C(=O)/C(=C\c2c(N3CC[NH+](C)CC3)nc3ccccn3c2=O)SC1=S. The Morgan fingerprint density at radius 2 is 2.00 bits per heavy atom. The first-order valence-corrected chi connectivity index (χ1v) is 9.97. The van der Waals surface area contributed by atoms with Crippen LogP contribution in [0.3, 0.4) is 0 Å². The number of thiocarbonyl (C=S) groups is 1. The van der Waals surface area contributed by atoms with Gasteiger partial charge in [0.1, 0.15) is 15.8 Å². The van der Waals surface area contributed by atoms with Crippen molar-refractivity contribution in [1.29, 1.82) is 0 Å². The number of amides is 1. The molecule has 27 heavy (non-hydrogen) atoms. The Labute approximate surface area is 166 Å². The van der Waals surface area contributed by atoms with Crippen LogP contribution in [0.25, 0.3) is 11.7 Å². The number of pyridine rings is 1. The van der Waals surface area contributed by atoms with Gasteiger partial charge in [-0.25, -0.2) is 4.98 Å². The van der Waals surface area contributed by atoms with E-state index < -0.39 is 0 Å². The highest BCUT2D eigenvalue weighted by Crippen LogP contribution is 2.32. The summed E-state index contributed by atoms with van der Waals surface area (Å²) in [6.45, 7) is 3.59. The average Bonchev–Trinajstić information content (AvgIpc) is 2.91. The normalized spacial score (nSPS) is 20.3. The minimum Gasteiger partial charge on any atom is -0.345 e. The number of anilines is 1. The summed E-state index contributed by atoms with van der Waals surface area (Å²) < 4.78 is 2.01. The van der Waals surface area contributed by atoms with Crippen LogP contribution in [0.15, 0.2) is 34.1 Å². The fraction of sp³-hybridized carbons (Fsp3) is 0.333. The number of nitrogens with one attached hydrogen (secondary N) is 1. The molecule has 0 saturated carbocycles. The molecule has 2 aliphatic heterocycles. The number of fused-ring (bicyclic) bond motifs is 1. The van der Waals surface area contributed by atoms with E-state index >= 15 is 0 Å². The lowest BCUT2D eigenvalue weighted by molar-refractivity contribution is -0.880. The number of nitrogens with zero attached hydrogens (tertiary/aromatic N) is 4. The summed E-state index contributed by atoms with van der Waals surface area (Å²) >= 11 is 6.42. The average molecular weight is 403 g/mol. The van der Waals surface area contributed by atoms with E-state index in [1.165, 1.54) is 26.0 Å². The van der Waals surface area contributed by atoms with E-state index in [2.05, 4.69) is 11.9 Å². The summed E-state index contributed by atoms with van der Waals surface area (Å²) in [5.74, 6) is 0.455. The van der Waals surface area contributed by atoms with E-state index in [4.69, 9.17) is 17.2 Å². The van der Waals surface area contributed by atoms with E-state index in [0.29, 0.717) is 26.3 Å². The monoisotopic (exact) mass is 402 g/mol. The Morgan fingerprint density at radius 3 is 2.67 bits per heavy atom. The first-order valence-electron chi connectivity index (χ1n) is 8.75. The molecule has 7 nitrogen and oxygen atoms in total. The van der Waals surface area contributed by atoms with Crippen LogP contribution in [0, 0.1) is 0 Å². The van der Waals surface area contributed by atoms with Crippen molar-refractivity contribution in [3.05, 3.63) is 45.2 Å². The van der Waals surface area contributed by atoms with Crippen molar-refractivity contribution in [2.24, 2.45) is 0 Å². The predicted octanol–water partition coefficient (Wildman–Crippen LogP) is -0.140. The smallest absolute Gasteiger partial charge is 0.267 e. The van der Waals surface area contributed by atoms with Crippen molar-refractivity contribution in [3.63, 3.8) is 0 Å². The van der Waals surface area contributed by atoms with Crippen LogP contribution >= 0.6 is 24.0 Å². The van der Waals surface area contributed by atoms with Gasteiger partial charge in [-0.3, -0.25) is 18.9 Å². The number of carbonyl (C=O) groups is 1. The zero-order valence-corrected chi connectivity index (χ0v) is 16.8. The van der Waals surface area contributed by atoms with Crippen LogP contribution in [0.4, 0.5) is 5.82 Å². The number of hydrogen-bond acceptors (Lipinski definition) is 6. The number of thioether (sulfide) groups is 1. The maximum absolute atomic E-state index is 13.2. The van der Waals surface area contributed by atoms with Crippen LogP contribution in [-0.4, -0.2) is 64.8 Å². The summed E-state index contributed by atoms with van der Waals surface area (Å²) in [6.07, 6.45) is 3.35. The third kappa shape index (κ3) is 3.26. The first kappa shape index (κ1) is 18.1. The molecular weight excluding hydrogens is 382 g/mol. The molecule has 2 aromatic rings. The van der Waals surface area contributed by atoms with Gasteiger partial charge in [0.2, 0.25) is 0 Å². The molecule has 4 rings (SSSR count). The van der Waals surface area contributed by atoms with Gasteiger partial charge in [-0.1, -0.05) is 30.0 Å².